The molecule has 2 aromatic carbocycles. The molecule has 2 aromatic rings. The van der Waals surface area contributed by atoms with Gasteiger partial charge >= 0.3 is 0 Å². The minimum Gasteiger partial charge on any atom is -0.379 e. The second kappa shape index (κ2) is 6.97. The second-order valence-corrected chi connectivity index (χ2v) is 7.63. The molecule has 0 aromatic heterocycles. The summed E-state index contributed by atoms with van der Waals surface area (Å²) in [6.45, 7) is 6.29. The van der Waals surface area contributed by atoms with Crippen molar-refractivity contribution in [3.8, 4) is 0 Å². The predicted molar refractivity (Wildman–Crippen MR) is 91.1 cm³/mol. The number of nitrogens with one attached hydrogen (secondary N) is 1. The summed E-state index contributed by atoms with van der Waals surface area (Å²) >= 11 is 0. The molecule has 6 heteroatoms. The minimum atomic E-state index is -3.47. The monoisotopic (exact) mass is 334 g/mol. The van der Waals surface area contributed by atoms with Gasteiger partial charge in [-0.05, 0) is 29.8 Å². The maximum Gasteiger partial charge on any atom is 0.240 e. The number of hydrogen-bond donors (Lipinski definition) is 1. The van der Waals surface area contributed by atoms with Crippen LogP contribution in [0, 0.1) is 6.92 Å². The molecule has 23 heavy (non-hydrogen) atoms. The Bertz CT molecular complexity index is 784. The summed E-state index contributed by atoms with van der Waals surface area (Å²) in [7, 11) is -3.47. The van der Waals surface area contributed by atoms with E-state index in [1.165, 1.54) is 0 Å². The molecule has 1 N–H and O–H groups in total. The van der Waals surface area contributed by atoms with Gasteiger partial charge in [0.15, 0.2) is 0 Å². The molecule has 1 saturated heterocycles. The molecule has 0 bridgehead atoms. The maximum atomic E-state index is 12.4. The fraction of sp³-hybridized carbons (Fsp3) is 0.412. The van der Waals surface area contributed by atoms with Gasteiger partial charge < -0.3 is 4.74 Å². The van der Waals surface area contributed by atoms with Gasteiger partial charge in [0.05, 0.1) is 18.1 Å². The quantitative estimate of drug-likeness (QED) is 0.905. The molecule has 124 valence electrons. The van der Waals surface area contributed by atoms with Crippen LogP contribution in [0.5, 0.6) is 0 Å². The molecule has 1 fully saturated rings. The van der Waals surface area contributed by atoms with Gasteiger partial charge in [-0.15, -0.1) is 0 Å². The Balaban J connectivity index is 1.67. The van der Waals surface area contributed by atoms with Crippen molar-refractivity contribution in [1.29, 1.82) is 0 Å². The first kappa shape index (κ1) is 16.4. The van der Waals surface area contributed by atoms with Gasteiger partial charge in [-0.1, -0.05) is 29.8 Å². The van der Waals surface area contributed by atoms with Crippen LogP contribution < -0.4 is 4.72 Å². The molecule has 5 nitrogen and oxygen atoms in total. The lowest BCUT2D eigenvalue weighted by Crippen LogP contribution is -2.41. The summed E-state index contributed by atoms with van der Waals surface area (Å²) in [5.41, 5.74) is 1.16. The minimum absolute atomic E-state index is 0.316. The van der Waals surface area contributed by atoms with E-state index in [1.54, 1.807) is 12.1 Å². The highest BCUT2D eigenvalue weighted by Crippen LogP contribution is 2.20. The average molecular weight is 334 g/mol. The molecule has 0 aliphatic carbocycles. The van der Waals surface area contributed by atoms with Crippen LogP contribution in [0.4, 0.5) is 0 Å². The van der Waals surface area contributed by atoms with E-state index < -0.39 is 10.0 Å². The van der Waals surface area contributed by atoms with E-state index in [4.69, 9.17) is 4.74 Å². The molecule has 0 unspecified atom stereocenters. The first-order chi connectivity index (χ1) is 11.0. The topological polar surface area (TPSA) is 58.6 Å². The Morgan fingerprint density at radius 3 is 2.57 bits per heavy atom. The molecular formula is C17H22N2O3S. The first-order valence-electron chi connectivity index (χ1n) is 7.85. The molecular weight excluding hydrogens is 312 g/mol. The number of nitrogens with zero attached hydrogens (tertiary/aromatic N) is 1. The molecule has 3 rings (SSSR count). The summed E-state index contributed by atoms with van der Waals surface area (Å²) in [6.07, 6.45) is 0. The standard InChI is InChI=1S/C17H22N2O3S/c1-14-2-3-16-13-17(5-4-15(16)12-14)23(20,21)18-6-7-19-8-10-22-11-9-19/h2-5,12-13,18H,6-11H2,1H3. The van der Waals surface area contributed by atoms with Crippen molar-refractivity contribution in [2.75, 3.05) is 39.4 Å². The van der Waals surface area contributed by atoms with Gasteiger partial charge in [-0.25, -0.2) is 13.1 Å². The zero-order chi connectivity index (χ0) is 16.3. The molecule has 1 heterocycles. The lowest BCUT2D eigenvalue weighted by atomic mass is 10.1. The van der Waals surface area contributed by atoms with Crippen LogP contribution in [0.2, 0.25) is 0 Å². The smallest absolute Gasteiger partial charge is 0.240 e. The van der Waals surface area contributed by atoms with Crippen LogP contribution in [0.15, 0.2) is 41.3 Å². The van der Waals surface area contributed by atoms with Crippen LogP contribution in [0.3, 0.4) is 0 Å². The number of fused-ring (bicyclic) bond motifs is 1. The van der Waals surface area contributed by atoms with Crippen LogP contribution >= 0.6 is 0 Å². The normalized spacial score (nSPS) is 16.7. The van der Waals surface area contributed by atoms with Gasteiger partial charge in [0.2, 0.25) is 10.0 Å². The van der Waals surface area contributed by atoms with Crippen molar-refractivity contribution in [1.82, 2.24) is 9.62 Å². The van der Waals surface area contributed by atoms with Crippen molar-refractivity contribution < 1.29 is 13.2 Å². The first-order valence-corrected chi connectivity index (χ1v) is 9.33. The van der Waals surface area contributed by atoms with E-state index in [-0.39, 0.29) is 0 Å². The number of hydrogen-bond acceptors (Lipinski definition) is 4. The van der Waals surface area contributed by atoms with E-state index in [2.05, 4.69) is 15.7 Å². The van der Waals surface area contributed by atoms with E-state index in [0.717, 1.165) is 42.6 Å². The third-order valence-electron chi connectivity index (χ3n) is 4.10. The van der Waals surface area contributed by atoms with Gasteiger partial charge in [0.1, 0.15) is 0 Å². The Hall–Kier alpha value is -1.47. The van der Waals surface area contributed by atoms with E-state index in [1.807, 2.05) is 25.1 Å². The Kier molecular flexibility index (Phi) is 4.96. The molecule has 0 spiro atoms. The average Bonchev–Trinajstić information content (AvgIpc) is 2.55. The van der Waals surface area contributed by atoms with Crippen LogP contribution in [0.25, 0.3) is 10.8 Å². The third kappa shape index (κ3) is 4.09. The molecule has 0 saturated carbocycles. The van der Waals surface area contributed by atoms with Crippen molar-refractivity contribution in [2.24, 2.45) is 0 Å². The van der Waals surface area contributed by atoms with Gasteiger partial charge in [-0.2, -0.15) is 0 Å². The van der Waals surface area contributed by atoms with E-state index in [9.17, 15) is 8.42 Å². The van der Waals surface area contributed by atoms with Crippen molar-refractivity contribution in [3.63, 3.8) is 0 Å². The largest absolute Gasteiger partial charge is 0.379 e. The van der Waals surface area contributed by atoms with Crippen molar-refractivity contribution in [2.45, 2.75) is 11.8 Å². The number of morpholine rings is 1. The number of ether oxygens (including phenoxy) is 1. The highest BCUT2D eigenvalue weighted by Gasteiger charge is 2.15. The van der Waals surface area contributed by atoms with E-state index in [0.29, 0.717) is 18.0 Å². The lowest BCUT2D eigenvalue weighted by molar-refractivity contribution is 0.0390. The molecule has 0 amide bonds. The fourth-order valence-corrected chi connectivity index (χ4v) is 3.81. The highest BCUT2D eigenvalue weighted by molar-refractivity contribution is 7.89. The Labute approximate surface area is 137 Å². The number of aryl methyl sites for hydroxylation is 1. The molecule has 0 radical (unpaired) electrons. The number of sulfonamides is 1. The second-order valence-electron chi connectivity index (χ2n) is 5.86. The van der Waals surface area contributed by atoms with Gasteiger partial charge in [-0.3, -0.25) is 4.90 Å². The molecule has 1 aliphatic heterocycles. The Morgan fingerprint density at radius 1 is 1.09 bits per heavy atom. The number of rotatable bonds is 5. The highest BCUT2D eigenvalue weighted by atomic mass is 32.2. The summed E-state index contributed by atoms with van der Waals surface area (Å²) in [5.74, 6) is 0. The zero-order valence-electron chi connectivity index (χ0n) is 13.3. The fourth-order valence-electron chi connectivity index (χ4n) is 2.76. The maximum absolute atomic E-state index is 12.4. The summed E-state index contributed by atoms with van der Waals surface area (Å²) < 4.78 is 32.8. The third-order valence-corrected chi connectivity index (χ3v) is 5.56. The van der Waals surface area contributed by atoms with Gasteiger partial charge in [0.25, 0.3) is 0 Å². The SMILES string of the molecule is Cc1ccc2cc(S(=O)(=O)NCCN3CCOCC3)ccc2c1. The van der Waals surface area contributed by atoms with Crippen LogP contribution in [0.1, 0.15) is 5.56 Å². The van der Waals surface area contributed by atoms with E-state index >= 15 is 0 Å². The lowest BCUT2D eigenvalue weighted by Gasteiger charge is -2.26. The summed E-state index contributed by atoms with van der Waals surface area (Å²) in [4.78, 5) is 2.52. The number of benzene rings is 2. The van der Waals surface area contributed by atoms with Crippen molar-refractivity contribution in [3.05, 3.63) is 42.0 Å². The summed E-state index contributed by atoms with van der Waals surface area (Å²) in [5, 5.41) is 1.99. The van der Waals surface area contributed by atoms with Gasteiger partial charge in [0, 0.05) is 26.2 Å². The van der Waals surface area contributed by atoms with Crippen molar-refractivity contribution >= 4 is 20.8 Å². The van der Waals surface area contributed by atoms with Crippen LogP contribution in [-0.4, -0.2) is 52.7 Å². The molecule has 1 aliphatic rings. The Morgan fingerprint density at radius 2 is 1.78 bits per heavy atom. The zero-order valence-corrected chi connectivity index (χ0v) is 14.1. The van der Waals surface area contributed by atoms with Crippen LogP contribution in [-0.2, 0) is 14.8 Å². The summed E-state index contributed by atoms with van der Waals surface area (Å²) in [6, 6.07) is 11.3. The molecule has 0 atom stereocenters. The predicted octanol–water partition coefficient (Wildman–Crippen LogP) is 1.76.